The van der Waals surface area contributed by atoms with Gasteiger partial charge >= 0.3 is 12.1 Å². The molecule has 0 aromatic rings. The number of urea groups is 2. The van der Waals surface area contributed by atoms with E-state index in [4.69, 9.17) is 0 Å². The molecule has 2 aliphatic carbocycles. The molecule has 8 heteroatoms. The average Bonchev–Trinajstić information content (AvgIpc) is 2.93. The Kier molecular flexibility index (Phi) is 6.92. The monoisotopic (exact) mass is 404 g/mol. The molecule has 3 N–H and O–H groups in total. The Bertz CT molecular complexity index is 699. The Morgan fingerprint density at radius 2 is 1.93 bits per heavy atom. The molecule has 1 heterocycles. The van der Waals surface area contributed by atoms with Crippen LogP contribution in [-0.4, -0.2) is 47.4 Å². The quantitative estimate of drug-likeness (QED) is 0.467. The second-order valence-electron chi connectivity index (χ2n) is 8.52. The summed E-state index contributed by atoms with van der Waals surface area (Å²) in [5.41, 5.74) is 0.373. The smallest absolute Gasteiger partial charge is 0.325 e. The number of rotatable bonds is 6. The van der Waals surface area contributed by atoms with E-state index in [0.717, 1.165) is 56.3 Å². The van der Waals surface area contributed by atoms with Gasteiger partial charge in [0.2, 0.25) is 5.91 Å². The molecule has 0 radical (unpaired) electrons. The van der Waals surface area contributed by atoms with Crippen LogP contribution in [0.15, 0.2) is 11.6 Å². The van der Waals surface area contributed by atoms with E-state index in [1.165, 1.54) is 18.4 Å². The number of hydrogen-bond donors (Lipinski definition) is 3. The van der Waals surface area contributed by atoms with Crippen molar-refractivity contribution in [3.63, 3.8) is 0 Å². The van der Waals surface area contributed by atoms with Crippen LogP contribution in [0, 0.1) is 5.92 Å². The van der Waals surface area contributed by atoms with E-state index < -0.39 is 30.1 Å². The minimum absolute atomic E-state index is 0.0816. The molecule has 8 nitrogen and oxygen atoms in total. The van der Waals surface area contributed by atoms with Crippen LogP contribution in [0.3, 0.4) is 0 Å². The number of carbonyl (C=O) groups excluding carboxylic acids is 4. The third-order valence-electron chi connectivity index (χ3n) is 6.39. The maximum Gasteiger partial charge on any atom is 0.325 e. The summed E-state index contributed by atoms with van der Waals surface area (Å²) in [5, 5.41) is 7.65. The molecule has 3 aliphatic rings. The van der Waals surface area contributed by atoms with Crippen molar-refractivity contribution < 1.29 is 19.2 Å². The Morgan fingerprint density at radius 3 is 2.62 bits per heavy atom. The summed E-state index contributed by atoms with van der Waals surface area (Å²) in [6.45, 7) is 1.74. The van der Waals surface area contributed by atoms with Crippen molar-refractivity contribution in [2.45, 2.75) is 76.7 Å². The molecule has 1 saturated carbocycles. The fourth-order valence-corrected chi connectivity index (χ4v) is 4.64. The van der Waals surface area contributed by atoms with Crippen molar-refractivity contribution in [3.05, 3.63) is 11.6 Å². The molecule has 0 unspecified atom stereocenters. The summed E-state index contributed by atoms with van der Waals surface area (Å²) < 4.78 is 0. The molecule has 3 rings (SSSR count). The van der Waals surface area contributed by atoms with Crippen molar-refractivity contribution in [1.29, 1.82) is 0 Å². The topological polar surface area (TPSA) is 108 Å². The first-order valence-corrected chi connectivity index (χ1v) is 10.8. The minimum atomic E-state index is -0.965. The van der Waals surface area contributed by atoms with Crippen LogP contribution >= 0.6 is 0 Å². The third kappa shape index (κ3) is 5.16. The van der Waals surface area contributed by atoms with Gasteiger partial charge < -0.3 is 10.6 Å². The van der Waals surface area contributed by atoms with Crippen LogP contribution in [0.4, 0.5) is 9.59 Å². The highest BCUT2D eigenvalue weighted by Crippen LogP contribution is 2.36. The van der Waals surface area contributed by atoms with Gasteiger partial charge in [0.25, 0.3) is 5.91 Å². The van der Waals surface area contributed by atoms with Crippen molar-refractivity contribution >= 4 is 23.9 Å². The number of nitrogens with one attached hydrogen (secondary N) is 3. The van der Waals surface area contributed by atoms with Gasteiger partial charge in [0, 0.05) is 6.54 Å². The van der Waals surface area contributed by atoms with Gasteiger partial charge in [-0.3, -0.25) is 19.8 Å². The normalized spacial score (nSPS) is 25.4. The summed E-state index contributed by atoms with van der Waals surface area (Å²) in [5.74, 6) is -0.969. The summed E-state index contributed by atoms with van der Waals surface area (Å²) >= 11 is 0. The first-order valence-electron chi connectivity index (χ1n) is 10.8. The van der Waals surface area contributed by atoms with Gasteiger partial charge in [-0.25, -0.2) is 9.59 Å². The number of hydrogen-bond acceptors (Lipinski definition) is 4. The second kappa shape index (κ2) is 9.41. The summed E-state index contributed by atoms with van der Waals surface area (Å²) in [6, 6.07) is -1.17. The Labute approximate surface area is 171 Å². The lowest BCUT2D eigenvalue weighted by Gasteiger charge is -2.34. The lowest BCUT2D eigenvalue weighted by molar-refractivity contribution is -0.136. The average molecular weight is 405 g/mol. The van der Waals surface area contributed by atoms with E-state index in [1.54, 1.807) is 6.92 Å². The summed E-state index contributed by atoms with van der Waals surface area (Å²) in [6.07, 6.45) is 12.6. The van der Waals surface area contributed by atoms with Crippen LogP contribution < -0.4 is 16.0 Å². The number of nitrogens with zero attached hydrogens (tertiary/aromatic N) is 1. The van der Waals surface area contributed by atoms with E-state index in [9.17, 15) is 19.2 Å². The molecule has 0 aromatic carbocycles. The second-order valence-corrected chi connectivity index (χ2v) is 8.52. The molecule has 1 saturated heterocycles. The Balaban J connectivity index is 1.45. The van der Waals surface area contributed by atoms with Gasteiger partial charge in [0.1, 0.15) is 12.1 Å². The molecule has 0 spiro atoms. The minimum Gasteiger partial charge on any atom is -0.337 e. The van der Waals surface area contributed by atoms with Crippen LogP contribution in [0.5, 0.6) is 0 Å². The fourth-order valence-electron chi connectivity index (χ4n) is 4.64. The lowest BCUT2D eigenvalue weighted by atomic mass is 9.75. The number of imide groups is 2. The summed E-state index contributed by atoms with van der Waals surface area (Å²) in [7, 11) is 0. The van der Waals surface area contributed by atoms with E-state index in [2.05, 4.69) is 22.0 Å². The molecule has 29 heavy (non-hydrogen) atoms. The Hall–Kier alpha value is -2.38. The molecule has 0 bridgehead atoms. The molecule has 2 fully saturated rings. The zero-order valence-electron chi connectivity index (χ0n) is 17.2. The predicted octanol–water partition coefficient (Wildman–Crippen LogP) is 2.59. The molecular weight excluding hydrogens is 372 g/mol. The van der Waals surface area contributed by atoms with Crippen LogP contribution in [0.1, 0.15) is 71.1 Å². The SMILES string of the molecule is C[C@@]1(C2CCCCC2)NC(=O)N(CC(=O)NC(=O)NCCC2=CCCCC2)C1=O. The van der Waals surface area contributed by atoms with Crippen LogP contribution in [0.25, 0.3) is 0 Å². The van der Waals surface area contributed by atoms with Gasteiger partial charge in [-0.2, -0.15) is 0 Å². The molecule has 1 aliphatic heterocycles. The highest BCUT2D eigenvalue weighted by atomic mass is 16.2. The first-order chi connectivity index (χ1) is 13.9. The maximum atomic E-state index is 12.9. The van der Waals surface area contributed by atoms with Gasteiger partial charge in [-0.1, -0.05) is 30.9 Å². The molecule has 160 valence electrons. The molecular formula is C21H32N4O4. The summed E-state index contributed by atoms with van der Waals surface area (Å²) in [4.78, 5) is 50.2. The van der Waals surface area contributed by atoms with Crippen LogP contribution in [0.2, 0.25) is 0 Å². The van der Waals surface area contributed by atoms with Gasteiger partial charge in [-0.15, -0.1) is 0 Å². The number of allylic oxidation sites excluding steroid dienone is 1. The van der Waals surface area contributed by atoms with Crippen molar-refractivity contribution in [2.24, 2.45) is 5.92 Å². The standard InChI is InChI=1S/C21H32N4O4/c1-21(16-10-6-3-7-11-16)18(27)25(20(29)24-21)14-17(26)23-19(28)22-13-12-15-8-4-2-5-9-15/h8,16H,2-7,9-14H2,1H3,(H,24,29)(H2,22,23,26,28)/t21-/m0/s1. The molecule has 6 amide bonds. The van der Waals surface area contributed by atoms with Crippen molar-refractivity contribution in [3.8, 4) is 0 Å². The zero-order chi connectivity index (χ0) is 20.9. The number of amides is 6. The van der Waals surface area contributed by atoms with E-state index >= 15 is 0 Å². The van der Waals surface area contributed by atoms with E-state index in [0.29, 0.717) is 6.54 Å². The van der Waals surface area contributed by atoms with E-state index in [-0.39, 0.29) is 11.8 Å². The third-order valence-corrected chi connectivity index (χ3v) is 6.39. The Morgan fingerprint density at radius 1 is 1.17 bits per heavy atom. The maximum absolute atomic E-state index is 12.9. The first kappa shape index (κ1) is 21.3. The molecule has 1 atom stereocenters. The highest BCUT2D eigenvalue weighted by molar-refractivity contribution is 6.10. The molecule has 0 aromatic heterocycles. The predicted molar refractivity (Wildman–Crippen MR) is 108 cm³/mol. The van der Waals surface area contributed by atoms with Crippen molar-refractivity contribution in [2.75, 3.05) is 13.1 Å². The van der Waals surface area contributed by atoms with E-state index in [1.807, 2.05) is 0 Å². The highest BCUT2D eigenvalue weighted by Gasteiger charge is 2.52. The van der Waals surface area contributed by atoms with Gasteiger partial charge in [0.15, 0.2) is 0 Å². The lowest BCUT2D eigenvalue weighted by Crippen LogP contribution is -2.51. The largest absolute Gasteiger partial charge is 0.337 e. The van der Waals surface area contributed by atoms with Crippen LogP contribution in [-0.2, 0) is 9.59 Å². The number of carbonyl (C=O) groups is 4. The van der Waals surface area contributed by atoms with Crippen molar-refractivity contribution in [1.82, 2.24) is 20.9 Å². The fraction of sp³-hybridized carbons (Fsp3) is 0.714. The van der Waals surface area contributed by atoms with Gasteiger partial charge in [0.05, 0.1) is 0 Å². The van der Waals surface area contributed by atoms with Gasteiger partial charge in [-0.05, 0) is 57.8 Å². The zero-order valence-corrected chi connectivity index (χ0v) is 17.2.